The smallest absolute Gasteiger partial charge is 0.329 e. The number of carbonyl (C=O) groups is 1. The highest BCUT2D eigenvalue weighted by Crippen LogP contribution is 2.43. The summed E-state index contributed by atoms with van der Waals surface area (Å²) in [5.41, 5.74) is -0.472. The number of carbonyl (C=O) groups excluding carboxylic acids is 1. The van der Waals surface area contributed by atoms with Gasteiger partial charge in [0.2, 0.25) is 0 Å². The standard InChI is InChI=1S/C14H15F3N2O.ClH/c1-2-10-12-8-4-3-5-9(14(15,16)17)11(8)13(20)19(12)7-6-18-10;/h3-5,10,12,18H,2,6-7H2,1H3;1H/t10?,12-;/m1./s1. The Labute approximate surface area is 126 Å². The molecule has 21 heavy (non-hydrogen) atoms. The summed E-state index contributed by atoms with van der Waals surface area (Å²) in [5, 5.41) is 3.28. The minimum absolute atomic E-state index is 0. The van der Waals surface area contributed by atoms with E-state index in [1.54, 1.807) is 11.0 Å². The molecule has 1 aromatic rings. The molecular formula is C14H16ClF3N2O. The van der Waals surface area contributed by atoms with E-state index in [1.807, 2.05) is 6.92 Å². The van der Waals surface area contributed by atoms with Gasteiger partial charge in [0, 0.05) is 19.1 Å². The van der Waals surface area contributed by atoms with Crippen molar-refractivity contribution >= 4 is 18.3 Å². The van der Waals surface area contributed by atoms with Gasteiger partial charge in [-0.15, -0.1) is 12.4 Å². The maximum atomic E-state index is 13.1. The Morgan fingerprint density at radius 2 is 2.10 bits per heavy atom. The largest absolute Gasteiger partial charge is 0.417 e. The molecule has 3 rings (SSSR count). The van der Waals surface area contributed by atoms with Crippen molar-refractivity contribution in [2.75, 3.05) is 13.1 Å². The van der Waals surface area contributed by atoms with Gasteiger partial charge in [0.15, 0.2) is 0 Å². The van der Waals surface area contributed by atoms with Crippen LogP contribution in [0.5, 0.6) is 0 Å². The molecule has 1 saturated heterocycles. The Morgan fingerprint density at radius 3 is 2.71 bits per heavy atom. The molecule has 2 atom stereocenters. The van der Waals surface area contributed by atoms with E-state index in [1.165, 1.54) is 6.07 Å². The molecule has 1 aromatic carbocycles. The summed E-state index contributed by atoms with van der Waals surface area (Å²) in [7, 11) is 0. The summed E-state index contributed by atoms with van der Waals surface area (Å²) >= 11 is 0. The number of nitrogens with one attached hydrogen (secondary N) is 1. The normalized spacial score (nSPS) is 24.4. The van der Waals surface area contributed by atoms with Crippen LogP contribution in [0.3, 0.4) is 0 Å². The minimum atomic E-state index is -4.50. The maximum Gasteiger partial charge on any atom is 0.417 e. The minimum Gasteiger partial charge on any atom is -0.329 e. The van der Waals surface area contributed by atoms with Gasteiger partial charge in [-0.05, 0) is 18.1 Å². The lowest BCUT2D eigenvalue weighted by Crippen LogP contribution is -2.51. The van der Waals surface area contributed by atoms with Crippen LogP contribution in [0.1, 0.15) is 40.9 Å². The fraction of sp³-hybridized carbons (Fsp3) is 0.500. The van der Waals surface area contributed by atoms with Crippen molar-refractivity contribution in [1.29, 1.82) is 0 Å². The van der Waals surface area contributed by atoms with Gasteiger partial charge in [-0.2, -0.15) is 13.2 Å². The summed E-state index contributed by atoms with van der Waals surface area (Å²) < 4.78 is 39.3. The molecule has 1 amide bonds. The molecule has 0 spiro atoms. The lowest BCUT2D eigenvalue weighted by atomic mass is 9.93. The number of benzene rings is 1. The second kappa shape index (κ2) is 5.50. The number of halogens is 4. The SMILES string of the molecule is CCC1NCCN2C(=O)c3c(cccc3C(F)(F)F)[C@H]12.Cl. The predicted molar refractivity (Wildman–Crippen MR) is 74.6 cm³/mol. The van der Waals surface area contributed by atoms with Gasteiger partial charge in [-0.1, -0.05) is 19.1 Å². The number of alkyl halides is 3. The summed E-state index contributed by atoms with van der Waals surface area (Å²) in [4.78, 5) is 13.9. The van der Waals surface area contributed by atoms with Gasteiger partial charge in [-0.3, -0.25) is 4.79 Å². The zero-order valence-electron chi connectivity index (χ0n) is 11.4. The number of piperazine rings is 1. The van der Waals surface area contributed by atoms with Crippen molar-refractivity contribution in [1.82, 2.24) is 10.2 Å². The van der Waals surface area contributed by atoms with E-state index in [2.05, 4.69) is 5.32 Å². The van der Waals surface area contributed by atoms with Gasteiger partial charge in [-0.25, -0.2) is 0 Å². The van der Waals surface area contributed by atoms with E-state index in [0.29, 0.717) is 18.7 Å². The summed E-state index contributed by atoms with van der Waals surface area (Å²) in [5.74, 6) is -0.488. The fourth-order valence-corrected chi connectivity index (χ4v) is 3.25. The highest BCUT2D eigenvalue weighted by atomic mass is 35.5. The molecule has 1 unspecified atom stereocenters. The predicted octanol–water partition coefficient (Wildman–Crippen LogP) is 3.01. The van der Waals surface area contributed by atoms with Crippen molar-refractivity contribution in [3.05, 3.63) is 34.9 Å². The average Bonchev–Trinajstić information content (AvgIpc) is 2.72. The second-order valence-electron chi connectivity index (χ2n) is 5.18. The number of amides is 1. The molecule has 0 radical (unpaired) electrons. The Balaban J connectivity index is 0.00000161. The third kappa shape index (κ3) is 2.40. The van der Waals surface area contributed by atoms with Crippen molar-refractivity contribution in [2.24, 2.45) is 0 Å². The molecular weight excluding hydrogens is 305 g/mol. The molecule has 0 aromatic heterocycles. The Bertz CT molecular complexity index is 562. The highest BCUT2D eigenvalue weighted by molar-refractivity contribution is 6.01. The Morgan fingerprint density at radius 1 is 1.38 bits per heavy atom. The van der Waals surface area contributed by atoms with Crippen LogP contribution in [0.15, 0.2) is 18.2 Å². The first kappa shape index (κ1) is 16.1. The van der Waals surface area contributed by atoms with E-state index >= 15 is 0 Å². The monoisotopic (exact) mass is 320 g/mol. The summed E-state index contributed by atoms with van der Waals surface area (Å²) in [6, 6.07) is 3.75. The van der Waals surface area contributed by atoms with Gasteiger partial charge in [0.05, 0.1) is 17.2 Å². The van der Waals surface area contributed by atoms with Crippen LogP contribution in [0.2, 0.25) is 0 Å². The summed E-state index contributed by atoms with van der Waals surface area (Å²) in [6.45, 7) is 3.04. The molecule has 0 bridgehead atoms. The Kier molecular flexibility index (Phi) is 4.22. The molecule has 1 N–H and O–H groups in total. The summed E-state index contributed by atoms with van der Waals surface area (Å²) in [6.07, 6.45) is -3.73. The van der Waals surface area contributed by atoms with Gasteiger partial charge >= 0.3 is 6.18 Å². The number of rotatable bonds is 1. The lowest BCUT2D eigenvalue weighted by molar-refractivity contribution is -0.137. The molecule has 2 heterocycles. The molecule has 116 valence electrons. The number of fused-ring (bicyclic) bond motifs is 3. The van der Waals surface area contributed by atoms with Crippen LogP contribution in [-0.4, -0.2) is 29.9 Å². The second-order valence-corrected chi connectivity index (χ2v) is 5.18. The molecule has 2 aliphatic heterocycles. The van der Waals surface area contributed by atoms with Gasteiger partial charge < -0.3 is 10.2 Å². The first-order valence-corrected chi connectivity index (χ1v) is 6.69. The quantitative estimate of drug-likeness (QED) is 0.862. The highest BCUT2D eigenvalue weighted by Gasteiger charge is 2.47. The van der Waals surface area contributed by atoms with Crippen molar-refractivity contribution in [3.8, 4) is 0 Å². The topological polar surface area (TPSA) is 32.3 Å². The van der Waals surface area contributed by atoms with Crippen LogP contribution < -0.4 is 5.32 Å². The zero-order valence-corrected chi connectivity index (χ0v) is 12.2. The van der Waals surface area contributed by atoms with Crippen molar-refractivity contribution < 1.29 is 18.0 Å². The molecule has 1 fully saturated rings. The lowest BCUT2D eigenvalue weighted by Gasteiger charge is -2.37. The fourth-order valence-electron chi connectivity index (χ4n) is 3.25. The average molecular weight is 321 g/mol. The third-order valence-electron chi connectivity index (χ3n) is 4.11. The number of nitrogens with zero attached hydrogens (tertiary/aromatic N) is 1. The molecule has 0 aliphatic carbocycles. The zero-order chi connectivity index (χ0) is 14.5. The van der Waals surface area contributed by atoms with E-state index in [4.69, 9.17) is 0 Å². The van der Waals surface area contributed by atoms with Gasteiger partial charge in [0.25, 0.3) is 5.91 Å². The van der Waals surface area contributed by atoms with Gasteiger partial charge in [0.1, 0.15) is 0 Å². The third-order valence-corrected chi connectivity index (χ3v) is 4.11. The van der Waals surface area contributed by atoms with Crippen LogP contribution in [0.25, 0.3) is 0 Å². The number of hydrogen-bond donors (Lipinski definition) is 1. The first-order valence-electron chi connectivity index (χ1n) is 6.69. The van der Waals surface area contributed by atoms with E-state index in [0.717, 1.165) is 12.5 Å². The Hall–Kier alpha value is -1.27. The van der Waals surface area contributed by atoms with Crippen LogP contribution in [0, 0.1) is 0 Å². The van der Waals surface area contributed by atoms with Crippen LogP contribution >= 0.6 is 12.4 Å². The van der Waals surface area contributed by atoms with Crippen molar-refractivity contribution in [2.45, 2.75) is 31.6 Å². The maximum absolute atomic E-state index is 13.1. The van der Waals surface area contributed by atoms with Crippen LogP contribution in [0.4, 0.5) is 13.2 Å². The van der Waals surface area contributed by atoms with E-state index in [-0.39, 0.29) is 30.1 Å². The molecule has 2 aliphatic rings. The van der Waals surface area contributed by atoms with E-state index in [9.17, 15) is 18.0 Å². The molecule has 0 saturated carbocycles. The first-order chi connectivity index (χ1) is 9.45. The molecule has 3 nitrogen and oxygen atoms in total. The van der Waals surface area contributed by atoms with Crippen LogP contribution in [-0.2, 0) is 6.18 Å². The van der Waals surface area contributed by atoms with Crippen molar-refractivity contribution in [3.63, 3.8) is 0 Å². The molecule has 7 heteroatoms. The number of hydrogen-bond acceptors (Lipinski definition) is 2. The van der Waals surface area contributed by atoms with E-state index < -0.39 is 17.6 Å².